The fraction of sp³-hybridized carbons (Fsp3) is 0.167. The van der Waals surface area contributed by atoms with E-state index in [4.69, 9.17) is 11.1 Å². The van der Waals surface area contributed by atoms with Crippen molar-refractivity contribution in [1.29, 1.82) is 5.41 Å². The number of hydrogen-bond acceptors (Lipinski definition) is 2. The maximum Gasteiger partial charge on any atom is 0.133 e. The van der Waals surface area contributed by atoms with Gasteiger partial charge in [-0.15, -0.1) is 11.3 Å². The molecule has 0 aromatic carbocycles. The van der Waals surface area contributed by atoms with E-state index in [1.165, 1.54) is 11.3 Å². The highest BCUT2D eigenvalue weighted by Crippen LogP contribution is 2.25. The first-order valence-corrected chi connectivity index (χ1v) is 4.32. The van der Waals surface area contributed by atoms with Gasteiger partial charge in [0.15, 0.2) is 0 Å². The molecule has 1 aromatic heterocycles. The molecule has 0 fully saturated rings. The molecular formula is C6H7BrN2S. The Labute approximate surface area is 71.7 Å². The SMILES string of the molecule is Cc1sc(C(=N)N)cc1Br. The van der Waals surface area contributed by atoms with E-state index >= 15 is 0 Å². The van der Waals surface area contributed by atoms with E-state index < -0.39 is 0 Å². The minimum atomic E-state index is 0.138. The quantitative estimate of drug-likeness (QED) is 0.551. The Morgan fingerprint density at radius 3 is 2.60 bits per heavy atom. The predicted octanol–water partition coefficient (Wildman–Crippen LogP) is 2.10. The first-order chi connectivity index (χ1) is 4.61. The highest BCUT2D eigenvalue weighted by atomic mass is 79.9. The number of nitrogens with two attached hydrogens (primary N) is 1. The van der Waals surface area contributed by atoms with Crippen LogP contribution in [0.25, 0.3) is 0 Å². The minimum Gasteiger partial charge on any atom is -0.383 e. The van der Waals surface area contributed by atoms with Crippen molar-refractivity contribution in [2.24, 2.45) is 5.73 Å². The van der Waals surface area contributed by atoms with Crippen LogP contribution in [0.1, 0.15) is 9.75 Å². The number of nitrogen functional groups attached to an aromatic ring is 1. The lowest BCUT2D eigenvalue weighted by Gasteiger charge is -1.85. The van der Waals surface area contributed by atoms with Crippen LogP contribution < -0.4 is 5.73 Å². The average Bonchev–Trinajstić information content (AvgIpc) is 2.13. The van der Waals surface area contributed by atoms with Crippen molar-refractivity contribution >= 4 is 33.1 Å². The van der Waals surface area contributed by atoms with Crippen LogP contribution in [0.2, 0.25) is 0 Å². The van der Waals surface area contributed by atoms with E-state index in [9.17, 15) is 0 Å². The summed E-state index contributed by atoms with van der Waals surface area (Å²) in [5.74, 6) is 0.138. The number of rotatable bonds is 1. The second-order valence-electron chi connectivity index (χ2n) is 1.93. The molecule has 4 heteroatoms. The average molecular weight is 219 g/mol. The molecule has 0 aliphatic rings. The van der Waals surface area contributed by atoms with Crippen molar-refractivity contribution in [1.82, 2.24) is 0 Å². The van der Waals surface area contributed by atoms with Gasteiger partial charge in [0.1, 0.15) is 5.84 Å². The van der Waals surface area contributed by atoms with Crippen molar-refractivity contribution in [3.8, 4) is 0 Å². The zero-order chi connectivity index (χ0) is 7.72. The van der Waals surface area contributed by atoms with Crippen molar-refractivity contribution in [2.45, 2.75) is 6.92 Å². The molecule has 1 aromatic rings. The third kappa shape index (κ3) is 1.38. The van der Waals surface area contributed by atoms with Crippen molar-refractivity contribution in [2.75, 3.05) is 0 Å². The maximum absolute atomic E-state index is 7.11. The number of halogens is 1. The summed E-state index contributed by atoms with van der Waals surface area (Å²) in [4.78, 5) is 1.98. The monoisotopic (exact) mass is 218 g/mol. The molecule has 1 rings (SSSR count). The van der Waals surface area contributed by atoms with Gasteiger partial charge in [-0.1, -0.05) is 0 Å². The van der Waals surface area contributed by atoms with Crippen molar-refractivity contribution in [3.05, 3.63) is 20.3 Å². The predicted molar refractivity (Wildman–Crippen MR) is 47.8 cm³/mol. The number of thiophene rings is 1. The van der Waals surface area contributed by atoms with Crippen LogP contribution in [0, 0.1) is 12.3 Å². The first kappa shape index (κ1) is 7.75. The molecular weight excluding hydrogens is 212 g/mol. The smallest absolute Gasteiger partial charge is 0.133 e. The highest BCUT2D eigenvalue weighted by Gasteiger charge is 2.03. The molecule has 0 bridgehead atoms. The van der Waals surface area contributed by atoms with Gasteiger partial charge in [-0.2, -0.15) is 0 Å². The van der Waals surface area contributed by atoms with E-state index in [2.05, 4.69) is 15.9 Å². The van der Waals surface area contributed by atoms with Gasteiger partial charge in [0.2, 0.25) is 0 Å². The Bertz CT molecular complexity index is 247. The lowest BCUT2D eigenvalue weighted by atomic mass is 10.4. The topological polar surface area (TPSA) is 49.9 Å². The van der Waals surface area contributed by atoms with Crippen molar-refractivity contribution < 1.29 is 0 Å². The van der Waals surface area contributed by atoms with Crippen LogP contribution in [0.15, 0.2) is 10.5 Å². The lowest BCUT2D eigenvalue weighted by Crippen LogP contribution is -2.08. The summed E-state index contributed by atoms with van der Waals surface area (Å²) in [6, 6.07) is 1.86. The number of nitrogens with one attached hydrogen (secondary N) is 1. The van der Waals surface area contributed by atoms with Gasteiger partial charge >= 0.3 is 0 Å². The highest BCUT2D eigenvalue weighted by molar-refractivity contribution is 9.10. The summed E-state index contributed by atoms with van der Waals surface area (Å²) in [7, 11) is 0. The van der Waals surface area contributed by atoms with Gasteiger partial charge < -0.3 is 5.73 Å². The van der Waals surface area contributed by atoms with Gasteiger partial charge in [0.05, 0.1) is 4.88 Å². The molecule has 2 nitrogen and oxygen atoms in total. The summed E-state index contributed by atoms with van der Waals surface area (Å²) in [6.45, 7) is 1.99. The normalized spacial score (nSPS) is 9.80. The summed E-state index contributed by atoms with van der Waals surface area (Å²) in [6.07, 6.45) is 0. The van der Waals surface area contributed by atoms with E-state index in [0.29, 0.717) is 0 Å². The van der Waals surface area contributed by atoms with Crippen LogP contribution in [0.5, 0.6) is 0 Å². The summed E-state index contributed by atoms with van der Waals surface area (Å²) in [5, 5.41) is 7.11. The first-order valence-electron chi connectivity index (χ1n) is 2.71. The molecule has 0 aliphatic heterocycles. The van der Waals surface area contributed by atoms with E-state index in [-0.39, 0.29) is 5.84 Å². The lowest BCUT2D eigenvalue weighted by molar-refractivity contribution is 1.45. The molecule has 0 radical (unpaired) electrons. The Balaban J connectivity index is 3.10. The molecule has 0 aliphatic carbocycles. The zero-order valence-electron chi connectivity index (χ0n) is 5.44. The van der Waals surface area contributed by atoms with Gasteiger partial charge in [-0.05, 0) is 28.9 Å². The molecule has 1 heterocycles. The molecule has 10 heavy (non-hydrogen) atoms. The van der Waals surface area contributed by atoms with E-state index in [1.54, 1.807) is 0 Å². The largest absolute Gasteiger partial charge is 0.383 e. The third-order valence-electron chi connectivity index (χ3n) is 1.12. The molecule has 54 valence electrons. The summed E-state index contributed by atoms with van der Waals surface area (Å²) >= 11 is 4.87. The van der Waals surface area contributed by atoms with Crippen LogP contribution in [0.4, 0.5) is 0 Å². The standard InChI is InChI=1S/C6H7BrN2S/c1-3-4(7)2-5(10-3)6(8)9/h2H,1H3,(H3,8,9). The number of aryl methyl sites for hydroxylation is 1. The van der Waals surface area contributed by atoms with Gasteiger partial charge in [-0.3, -0.25) is 5.41 Å². The second kappa shape index (κ2) is 2.72. The summed E-state index contributed by atoms with van der Waals surface area (Å²) < 4.78 is 1.03. The Kier molecular flexibility index (Phi) is 2.11. The second-order valence-corrected chi connectivity index (χ2v) is 4.04. The molecule has 3 N–H and O–H groups in total. The molecule has 0 saturated carbocycles. The van der Waals surface area contributed by atoms with Crippen LogP contribution in [0.3, 0.4) is 0 Å². The molecule has 0 spiro atoms. The fourth-order valence-corrected chi connectivity index (χ4v) is 1.99. The zero-order valence-corrected chi connectivity index (χ0v) is 7.84. The summed E-state index contributed by atoms with van der Waals surface area (Å²) in [5.41, 5.74) is 5.27. The molecule has 0 amide bonds. The van der Waals surface area contributed by atoms with Crippen LogP contribution in [-0.4, -0.2) is 5.84 Å². The van der Waals surface area contributed by atoms with Crippen molar-refractivity contribution in [3.63, 3.8) is 0 Å². The molecule has 0 saturated heterocycles. The van der Waals surface area contributed by atoms with E-state index in [1.807, 2.05) is 13.0 Å². The van der Waals surface area contributed by atoms with Crippen LogP contribution in [-0.2, 0) is 0 Å². The molecule has 0 atom stereocenters. The Morgan fingerprint density at radius 2 is 2.40 bits per heavy atom. The third-order valence-corrected chi connectivity index (χ3v) is 3.29. The van der Waals surface area contributed by atoms with Gasteiger partial charge in [0, 0.05) is 9.35 Å². The van der Waals surface area contributed by atoms with Crippen LogP contribution >= 0.6 is 27.3 Å². The fourth-order valence-electron chi connectivity index (χ4n) is 0.593. The van der Waals surface area contributed by atoms with E-state index in [0.717, 1.165) is 14.2 Å². The van der Waals surface area contributed by atoms with Gasteiger partial charge in [-0.25, -0.2) is 0 Å². The maximum atomic E-state index is 7.11. The minimum absolute atomic E-state index is 0.138. The number of amidine groups is 1. The Hall–Kier alpha value is -0.350. The number of hydrogen-bond donors (Lipinski definition) is 2. The Morgan fingerprint density at radius 1 is 1.80 bits per heavy atom. The molecule has 0 unspecified atom stereocenters. The van der Waals surface area contributed by atoms with Gasteiger partial charge in [0.25, 0.3) is 0 Å².